The second kappa shape index (κ2) is 5.94. The van der Waals surface area contributed by atoms with E-state index in [1.165, 1.54) is 12.1 Å². The molecule has 0 aromatic heterocycles. The van der Waals surface area contributed by atoms with Gasteiger partial charge in [0.2, 0.25) is 5.91 Å². The molecule has 0 fully saturated rings. The third kappa shape index (κ3) is 6.15. The number of alkyl halides is 3. The lowest BCUT2D eigenvalue weighted by molar-refractivity contribution is -0.274. The highest BCUT2D eigenvalue weighted by molar-refractivity contribution is 5.95. The van der Waals surface area contributed by atoms with Gasteiger partial charge in [0.05, 0.1) is 6.54 Å². The van der Waals surface area contributed by atoms with Crippen molar-refractivity contribution in [3.05, 3.63) is 24.3 Å². The van der Waals surface area contributed by atoms with Crippen LogP contribution >= 0.6 is 0 Å². The van der Waals surface area contributed by atoms with Gasteiger partial charge in [-0.25, -0.2) is 4.79 Å². The van der Waals surface area contributed by atoms with Crippen LogP contribution in [0.2, 0.25) is 0 Å². The molecule has 0 aliphatic carbocycles. The predicted octanol–water partition coefficient (Wildman–Crippen LogP) is 1.19. The summed E-state index contributed by atoms with van der Waals surface area (Å²) in [7, 11) is 0. The van der Waals surface area contributed by atoms with Gasteiger partial charge in [0.25, 0.3) is 0 Å². The third-order valence-electron chi connectivity index (χ3n) is 1.78. The van der Waals surface area contributed by atoms with Gasteiger partial charge in [0.1, 0.15) is 5.75 Å². The van der Waals surface area contributed by atoms with Crippen molar-refractivity contribution in [2.45, 2.75) is 6.36 Å². The van der Waals surface area contributed by atoms with Gasteiger partial charge in [-0.3, -0.25) is 10.1 Å². The van der Waals surface area contributed by atoms with Gasteiger partial charge < -0.3 is 15.8 Å². The number of urea groups is 1. The maximum atomic E-state index is 12.0. The molecule has 9 heteroatoms. The minimum atomic E-state index is -4.79. The van der Waals surface area contributed by atoms with Crippen LogP contribution < -0.4 is 21.1 Å². The van der Waals surface area contributed by atoms with Crippen LogP contribution in [0.1, 0.15) is 0 Å². The van der Waals surface area contributed by atoms with Crippen LogP contribution in [-0.2, 0) is 4.79 Å². The first-order valence-corrected chi connectivity index (χ1v) is 4.95. The van der Waals surface area contributed by atoms with Crippen LogP contribution in [0.5, 0.6) is 5.75 Å². The molecule has 0 aliphatic rings. The van der Waals surface area contributed by atoms with Crippen LogP contribution in [0.15, 0.2) is 24.3 Å². The average Bonchev–Trinajstić information content (AvgIpc) is 2.23. The van der Waals surface area contributed by atoms with E-state index in [-0.39, 0.29) is 12.2 Å². The molecule has 3 amide bonds. The molecule has 4 N–H and O–H groups in total. The highest BCUT2D eigenvalue weighted by Crippen LogP contribution is 2.24. The molecular weight excluding hydrogens is 267 g/mol. The molecule has 0 heterocycles. The van der Waals surface area contributed by atoms with Crippen molar-refractivity contribution in [3.8, 4) is 5.75 Å². The fourth-order valence-electron chi connectivity index (χ4n) is 1.17. The minimum absolute atomic E-state index is 0.223. The predicted molar refractivity (Wildman–Crippen MR) is 59.3 cm³/mol. The third-order valence-corrected chi connectivity index (χ3v) is 1.78. The number of halogens is 3. The van der Waals surface area contributed by atoms with Crippen LogP contribution in [-0.4, -0.2) is 24.8 Å². The molecule has 0 saturated carbocycles. The Morgan fingerprint density at radius 1 is 1.32 bits per heavy atom. The molecule has 1 aromatic rings. The van der Waals surface area contributed by atoms with Crippen LogP contribution in [0, 0.1) is 0 Å². The Hall–Kier alpha value is -2.45. The first-order valence-electron chi connectivity index (χ1n) is 4.95. The summed E-state index contributed by atoms with van der Waals surface area (Å²) in [6.07, 6.45) is -4.79. The zero-order valence-corrected chi connectivity index (χ0v) is 9.45. The number of hydrogen-bond acceptors (Lipinski definition) is 4. The number of ether oxygens (including phenoxy) is 1. The number of hydrogen-bond donors (Lipinski definition) is 3. The fraction of sp³-hybridized carbons (Fsp3) is 0.200. The molecule has 104 valence electrons. The van der Waals surface area contributed by atoms with Gasteiger partial charge in [-0.1, -0.05) is 6.07 Å². The summed E-state index contributed by atoms with van der Waals surface area (Å²) in [6.45, 7) is -0.321. The number of amides is 3. The lowest BCUT2D eigenvalue weighted by atomic mass is 10.3. The molecule has 0 aliphatic heterocycles. The molecule has 0 unspecified atom stereocenters. The van der Waals surface area contributed by atoms with Gasteiger partial charge >= 0.3 is 12.4 Å². The van der Waals surface area contributed by atoms with Gasteiger partial charge in [-0.2, -0.15) is 0 Å². The fourth-order valence-corrected chi connectivity index (χ4v) is 1.17. The molecule has 0 spiro atoms. The molecular formula is C10H10F3N3O3. The minimum Gasteiger partial charge on any atom is -0.406 e. The van der Waals surface area contributed by atoms with Crippen LogP contribution in [0.3, 0.4) is 0 Å². The number of rotatable bonds is 4. The molecule has 1 rings (SSSR count). The van der Waals surface area contributed by atoms with E-state index in [4.69, 9.17) is 5.73 Å². The van der Waals surface area contributed by atoms with E-state index < -0.39 is 24.1 Å². The van der Waals surface area contributed by atoms with E-state index in [0.29, 0.717) is 0 Å². The SMILES string of the molecule is NC(=O)NC(=O)CNc1cccc(OC(F)(F)F)c1. The van der Waals surface area contributed by atoms with Crippen molar-refractivity contribution in [1.82, 2.24) is 5.32 Å². The molecule has 0 radical (unpaired) electrons. The lowest BCUT2D eigenvalue weighted by Gasteiger charge is -2.11. The Morgan fingerprint density at radius 2 is 2.00 bits per heavy atom. The highest BCUT2D eigenvalue weighted by atomic mass is 19.4. The smallest absolute Gasteiger partial charge is 0.406 e. The Kier molecular flexibility index (Phi) is 4.56. The Labute approximate surface area is 105 Å². The number of nitrogens with one attached hydrogen (secondary N) is 2. The molecule has 1 aromatic carbocycles. The number of primary amides is 1. The lowest BCUT2D eigenvalue weighted by Crippen LogP contribution is -2.38. The topological polar surface area (TPSA) is 93.5 Å². The second-order valence-electron chi connectivity index (χ2n) is 3.34. The first-order chi connectivity index (χ1) is 8.76. The summed E-state index contributed by atoms with van der Waals surface area (Å²) in [6, 6.07) is 3.91. The maximum absolute atomic E-state index is 12.0. The van der Waals surface area contributed by atoms with E-state index in [1.807, 2.05) is 0 Å². The van der Waals surface area contributed by atoms with E-state index in [9.17, 15) is 22.8 Å². The quantitative estimate of drug-likeness (QED) is 0.770. The Bertz CT molecular complexity index is 477. The van der Waals surface area contributed by atoms with E-state index in [2.05, 4.69) is 10.1 Å². The van der Waals surface area contributed by atoms with Gasteiger partial charge in [-0.05, 0) is 12.1 Å². The van der Waals surface area contributed by atoms with Crippen molar-refractivity contribution in [3.63, 3.8) is 0 Å². The first kappa shape index (κ1) is 14.6. The molecule has 19 heavy (non-hydrogen) atoms. The van der Waals surface area contributed by atoms with Crippen molar-refractivity contribution < 1.29 is 27.5 Å². The standard InChI is InChI=1S/C10H10F3N3O3/c11-10(12,13)19-7-3-1-2-6(4-7)15-5-8(17)16-9(14)18/h1-4,15H,5H2,(H3,14,16,17,18). The largest absolute Gasteiger partial charge is 0.573 e. The number of imide groups is 1. The molecule has 0 saturated heterocycles. The van der Waals surface area contributed by atoms with Crippen molar-refractivity contribution in [2.24, 2.45) is 5.73 Å². The zero-order valence-electron chi connectivity index (χ0n) is 9.45. The number of anilines is 1. The van der Waals surface area contributed by atoms with E-state index in [0.717, 1.165) is 12.1 Å². The van der Waals surface area contributed by atoms with E-state index in [1.54, 1.807) is 5.32 Å². The molecule has 0 atom stereocenters. The zero-order chi connectivity index (χ0) is 14.5. The Morgan fingerprint density at radius 3 is 2.58 bits per heavy atom. The summed E-state index contributed by atoms with van der Waals surface area (Å²) in [5, 5.41) is 4.30. The van der Waals surface area contributed by atoms with Gasteiger partial charge in [0.15, 0.2) is 0 Å². The monoisotopic (exact) mass is 277 g/mol. The highest BCUT2D eigenvalue weighted by Gasteiger charge is 2.31. The second-order valence-corrected chi connectivity index (χ2v) is 3.34. The number of carbonyl (C=O) groups is 2. The van der Waals surface area contributed by atoms with E-state index >= 15 is 0 Å². The van der Waals surface area contributed by atoms with Crippen molar-refractivity contribution >= 4 is 17.6 Å². The molecule has 0 bridgehead atoms. The van der Waals surface area contributed by atoms with Crippen molar-refractivity contribution in [2.75, 3.05) is 11.9 Å². The van der Waals surface area contributed by atoms with Crippen LogP contribution in [0.4, 0.5) is 23.7 Å². The summed E-state index contributed by atoms with van der Waals surface area (Å²) in [5.41, 5.74) is 4.94. The average molecular weight is 277 g/mol. The summed E-state index contributed by atoms with van der Waals surface area (Å²) < 4.78 is 39.6. The molecule has 6 nitrogen and oxygen atoms in total. The summed E-state index contributed by atoms with van der Waals surface area (Å²) >= 11 is 0. The van der Waals surface area contributed by atoms with Gasteiger partial charge in [-0.15, -0.1) is 13.2 Å². The summed E-state index contributed by atoms with van der Waals surface area (Å²) in [4.78, 5) is 21.4. The normalized spacial score (nSPS) is 10.7. The van der Waals surface area contributed by atoms with Crippen molar-refractivity contribution in [1.29, 1.82) is 0 Å². The number of nitrogens with two attached hydrogens (primary N) is 1. The maximum Gasteiger partial charge on any atom is 0.573 e. The van der Waals surface area contributed by atoms with Gasteiger partial charge in [0, 0.05) is 11.8 Å². The van der Waals surface area contributed by atoms with Crippen LogP contribution in [0.25, 0.3) is 0 Å². The summed E-state index contributed by atoms with van der Waals surface area (Å²) in [5.74, 6) is -1.14. The number of benzene rings is 1. The Balaban J connectivity index is 2.57. The number of carbonyl (C=O) groups excluding carboxylic acids is 2.